The molecule has 0 atom stereocenters. The quantitative estimate of drug-likeness (QED) is 0.766. The molecule has 0 bridgehead atoms. The molecule has 0 saturated carbocycles. The number of pyridine rings is 1. The maximum Gasteiger partial charge on any atom is 0.336 e. The van der Waals surface area contributed by atoms with Crippen molar-refractivity contribution in [1.29, 1.82) is 0 Å². The van der Waals surface area contributed by atoms with Gasteiger partial charge in [0, 0.05) is 11.8 Å². The molecular formula is C9H9N3O3. The first kappa shape index (κ1) is 9.45. The number of hydrogen-bond acceptors (Lipinski definition) is 4. The fourth-order valence-corrected chi connectivity index (χ4v) is 1.43. The second-order valence-electron chi connectivity index (χ2n) is 3.06. The highest BCUT2D eigenvalue weighted by Crippen LogP contribution is 2.22. The number of nitrogens with zero attached hydrogens (tertiary/aromatic N) is 2. The zero-order chi connectivity index (χ0) is 11.0. The minimum absolute atomic E-state index is 0.142. The molecule has 2 aromatic rings. The number of carboxylic acids is 1. The van der Waals surface area contributed by atoms with Crippen LogP contribution in [0.15, 0.2) is 6.07 Å². The molecule has 2 N–H and O–H groups in total. The highest BCUT2D eigenvalue weighted by molar-refractivity contribution is 6.02. The zero-order valence-electron chi connectivity index (χ0n) is 8.24. The molecule has 15 heavy (non-hydrogen) atoms. The minimum atomic E-state index is -1.02. The van der Waals surface area contributed by atoms with Crippen molar-refractivity contribution in [2.75, 3.05) is 7.11 Å². The highest BCUT2D eigenvalue weighted by Gasteiger charge is 2.16. The van der Waals surface area contributed by atoms with Gasteiger partial charge in [0.05, 0.1) is 18.1 Å². The molecule has 0 radical (unpaired) electrons. The van der Waals surface area contributed by atoms with Crippen molar-refractivity contribution in [3.05, 3.63) is 17.3 Å². The molecule has 0 unspecified atom stereocenters. The van der Waals surface area contributed by atoms with E-state index in [-0.39, 0.29) is 11.4 Å². The van der Waals surface area contributed by atoms with Crippen LogP contribution in [0, 0.1) is 6.92 Å². The van der Waals surface area contributed by atoms with E-state index in [0.717, 1.165) is 0 Å². The molecule has 2 rings (SSSR count). The predicted octanol–water partition coefficient (Wildman–Crippen LogP) is 0.973. The van der Waals surface area contributed by atoms with Crippen molar-refractivity contribution >= 4 is 17.0 Å². The third-order valence-electron chi connectivity index (χ3n) is 2.12. The van der Waals surface area contributed by atoms with Gasteiger partial charge in [-0.3, -0.25) is 5.10 Å². The van der Waals surface area contributed by atoms with Gasteiger partial charge in [0.25, 0.3) is 0 Å². The minimum Gasteiger partial charge on any atom is -0.481 e. The SMILES string of the molecule is COc1cc(C(=O)O)c2c(C)[nH]nc2n1. The predicted molar refractivity (Wildman–Crippen MR) is 52.1 cm³/mol. The van der Waals surface area contributed by atoms with Gasteiger partial charge in [0.15, 0.2) is 5.65 Å². The maximum absolute atomic E-state index is 11.0. The number of carbonyl (C=O) groups is 1. The normalized spacial score (nSPS) is 10.5. The lowest BCUT2D eigenvalue weighted by Gasteiger charge is -2.01. The van der Waals surface area contributed by atoms with E-state index >= 15 is 0 Å². The molecule has 2 aromatic heterocycles. The third kappa shape index (κ3) is 1.39. The summed E-state index contributed by atoms with van der Waals surface area (Å²) in [6.45, 7) is 1.75. The van der Waals surface area contributed by atoms with Crippen molar-refractivity contribution < 1.29 is 14.6 Å². The van der Waals surface area contributed by atoms with E-state index in [1.807, 2.05) is 0 Å². The van der Waals surface area contributed by atoms with Crippen LogP contribution in [0.3, 0.4) is 0 Å². The summed E-state index contributed by atoms with van der Waals surface area (Å²) in [7, 11) is 1.43. The average molecular weight is 207 g/mol. The number of ether oxygens (including phenoxy) is 1. The van der Waals surface area contributed by atoms with E-state index in [0.29, 0.717) is 16.7 Å². The molecule has 6 heteroatoms. The van der Waals surface area contributed by atoms with Crippen LogP contribution in [0.4, 0.5) is 0 Å². The lowest BCUT2D eigenvalue weighted by Crippen LogP contribution is -2.00. The third-order valence-corrected chi connectivity index (χ3v) is 2.12. The summed E-state index contributed by atoms with van der Waals surface area (Å²) in [5.41, 5.74) is 1.17. The highest BCUT2D eigenvalue weighted by atomic mass is 16.5. The molecule has 0 saturated heterocycles. The van der Waals surface area contributed by atoms with Gasteiger partial charge in [-0.2, -0.15) is 10.1 Å². The average Bonchev–Trinajstić information content (AvgIpc) is 2.59. The van der Waals surface area contributed by atoms with Crippen LogP contribution in [-0.2, 0) is 0 Å². The van der Waals surface area contributed by atoms with Gasteiger partial charge in [-0.15, -0.1) is 0 Å². The molecule has 78 valence electrons. The summed E-state index contributed by atoms with van der Waals surface area (Å²) < 4.78 is 4.89. The molecule has 0 aromatic carbocycles. The fourth-order valence-electron chi connectivity index (χ4n) is 1.43. The first-order valence-electron chi connectivity index (χ1n) is 4.26. The van der Waals surface area contributed by atoms with Crippen LogP contribution in [0.2, 0.25) is 0 Å². The number of hydrogen-bond donors (Lipinski definition) is 2. The van der Waals surface area contributed by atoms with Gasteiger partial charge < -0.3 is 9.84 Å². The number of aromatic nitrogens is 3. The van der Waals surface area contributed by atoms with Crippen LogP contribution < -0.4 is 4.74 Å². The first-order valence-corrected chi connectivity index (χ1v) is 4.26. The van der Waals surface area contributed by atoms with Crippen molar-refractivity contribution in [3.63, 3.8) is 0 Å². The van der Waals surface area contributed by atoms with Crippen LogP contribution >= 0.6 is 0 Å². The zero-order valence-corrected chi connectivity index (χ0v) is 8.24. The Morgan fingerprint density at radius 3 is 2.93 bits per heavy atom. The van der Waals surface area contributed by atoms with Crippen molar-refractivity contribution in [2.24, 2.45) is 0 Å². The number of aromatic amines is 1. The van der Waals surface area contributed by atoms with E-state index in [1.165, 1.54) is 13.2 Å². The second kappa shape index (κ2) is 3.23. The van der Waals surface area contributed by atoms with E-state index in [9.17, 15) is 4.79 Å². The smallest absolute Gasteiger partial charge is 0.336 e. The number of methoxy groups -OCH3 is 1. The van der Waals surface area contributed by atoms with Crippen molar-refractivity contribution in [1.82, 2.24) is 15.2 Å². The number of aryl methyl sites for hydroxylation is 1. The topological polar surface area (TPSA) is 88.1 Å². The van der Waals surface area contributed by atoms with Gasteiger partial charge in [-0.05, 0) is 6.92 Å². The van der Waals surface area contributed by atoms with Crippen LogP contribution in [0.25, 0.3) is 11.0 Å². The van der Waals surface area contributed by atoms with Crippen LogP contribution in [0.5, 0.6) is 5.88 Å². The molecule has 0 amide bonds. The Morgan fingerprint density at radius 1 is 1.60 bits per heavy atom. The van der Waals surface area contributed by atoms with Gasteiger partial charge >= 0.3 is 5.97 Å². The van der Waals surface area contributed by atoms with Crippen LogP contribution in [-0.4, -0.2) is 33.4 Å². The first-order chi connectivity index (χ1) is 7.13. The maximum atomic E-state index is 11.0. The Labute approximate surface area is 84.9 Å². The Hall–Kier alpha value is -2.11. The van der Waals surface area contributed by atoms with E-state index < -0.39 is 5.97 Å². The second-order valence-corrected chi connectivity index (χ2v) is 3.06. The Balaban J connectivity index is 2.83. The largest absolute Gasteiger partial charge is 0.481 e. The standard InChI is InChI=1S/C9H9N3O3/c1-4-7-5(9(13)14)3-6(15-2)10-8(7)12-11-4/h3H,1-2H3,(H,13,14)(H,10,11,12). The van der Waals surface area contributed by atoms with Crippen molar-refractivity contribution in [3.8, 4) is 5.88 Å². The Bertz CT molecular complexity index is 533. The number of nitrogens with one attached hydrogen (secondary N) is 1. The molecule has 0 aliphatic heterocycles. The van der Waals surface area contributed by atoms with Gasteiger partial charge in [-0.25, -0.2) is 4.79 Å². The molecule has 2 heterocycles. The molecule has 6 nitrogen and oxygen atoms in total. The molecule has 0 fully saturated rings. The van der Waals surface area contributed by atoms with E-state index in [4.69, 9.17) is 9.84 Å². The molecule has 0 spiro atoms. The van der Waals surface area contributed by atoms with Crippen molar-refractivity contribution in [2.45, 2.75) is 6.92 Å². The molecular weight excluding hydrogens is 198 g/mol. The lowest BCUT2D eigenvalue weighted by atomic mass is 10.1. The summed E-state index contributed by atoms with van der Waals surface area (Å²) in [6.07, 6.45) is 0. The van der Waals surface area contributed by atoms with Crippen LogP contribution in [0.1, 0.15) is 16.1 Å². The Morgan fingerprint density at radius 2 is 2.33 bits per heavy atom. The summed E-state index contributed by atoms with van der Waals surface area (Å²) in [5.74, 6) is -0.781. The monoisotopic (exact) mass is 207 g/mol. The number of rotatable bonds is 2. The summed E-state index contributed by atoms with van der Waals surface area (Å²) >= 11 is 0. The lowest BCUT2D eigenvalue weighted by molar-refractivity contribution is 0.0698. The fraction of sp³-hybridized carbons (Fsp3) is 0.222. The summed E-state index contributed by atoms with van der Waals surface area (Å²) in [5, 5.41) is 16.1. The molecule has 0 aliphatic carbocycles. The van der Waals surface area contributed by atoms with E-state index in [1.54, 1.807) is 6.92 Å². The van der Waals surface area contributed by atoms with Gasteiger partial charge in [-0.1, -0.05) is 0 Å². The molecule has 0 aliphatic rings. The number of fused-ring (bicyclic) bond motifs is 1. The van der Waals surface area contributed by atoms with Gasteiger partial charge in [0.1, 0.15) is 0 Å². The number of carboxylic acid groups (broad SMARTS) is 1. The van der Waals surface area contributed by atoms with Gasteiger partial charge in [0.2, 0.25) is 5.88 Å². The Kier molecular flexibility index (Phi) is 2.03. The summed E-state index contributed by atoms with van der Waals surface area (Å²) in [6, 6.07) is 1.38. The number of aromatic carboxylic acids is 1. The van der Waals surface area contributed by atoms with E-state index in [2.05, 4.69) is 15.2 Å². The number of H-pyrrole nitrogens is 1. The summed E-state index contributed by atoms with van der Waals surface area (Å²) in [4.78, 5) is 15.0.